The smallest absolute Gasteiger partial charge is 0.178 e. The molecule has 22 heavy (non-hydrogen) atoms. The van der Waals surface area contributed by atoms with E-state index in [2.05, 4.69) is 25.5 Å². The van der Waals surface area contributed by atoms with Crippen LogP contribution in [0.25, 0.3) is 5.65 Å². The Kier molecular flexibility index (Phi) is 3.46. The number of aliphatic hydroxyl groups is 1. The third-order valence-electron chi connectivity index (χ3n) is 4.83. The molecule has 2 fully saturated rings. The molecular weight excluding hydrogens is 280 g/mol. The summed E-state index contributed by atoms with van der Waals surface area (Å²) < 4.78 is 1.79. The molecule has 1 aliphatic carbocycles. The van der Waals surface area contributed by atoms with Crippen molar-refractivity contribution >= 4 is 11.5 Å². The van der Waals surface area contributed by atoms with Gasteiger partial charge in [0.25, 0.3) is 0 Å². The Morgan fingerprint density at radius 1 is 1.27 bits per heavy atom. The fourth-order valence-corrected chi connectivity index (χ4v) is 3.44. The van der Waals surface area contributed by atoms with Gasteiger partial charge in [-0.15, -0.1) is 15.3 Å². The van der Waals surface area contributed by atoms with Crippen molar-refractivity contribution < 1.29 is 5.11 Å². The lowest BCUT2D eigenvalue weighted by molar-refractivity contribution is 0.145. The lowest BCUT2D eigenvalue weighted by atomic mass is 9.99. The zero-order valence-corrected chi connectivity index (χ0v) is 12.8. The molecule has 4 rings (SSSR count). The van der Waals surface area contributed by atoms with E-state index in [1.165, 1.54) is 0 Å². The molecule has 2 aliphatic rings. The molecule has 2 N–H and O–H groups in total. The summed E-state index contributed by atoms with van der Waals surface area (Å²) in [6.07, 6.45) is 3.02. The van der Waals surface area contributed by atoms with Gasteiger partial charge >= 0.3 is 0 Å². The number of aryl methyl sites for hydroxylation is 1. The van der Waals surface area contributed by atoms with Crippen molar-refractivity contribution in [1.82, 2.24) is 25.1 Å². The summed E-state index contributed by atoms with van der Waals surface area (Å²) in [5.41, 5.74) is 0.787. The average Bonchev–Trinajstić information content (AvgIpc) is 3.04. The van der Waals surface area contributed by atoms with Gasteiger partial charge in [-0.2, -0.15) is 4.52 Å². The van der Waals surface area contributed by atoms with Gasteiger partial charge < -0.3 is 15.3 Å². The average molecular weight is 302 g/mol. The van der Waals surface area contributed by atoms with Gasteiger partial charge in [0.1, 0.15) is 5.82 Å². The first-order valence-electron chi connectivity index (χ1n) is 8.06. The normalized spacial score (nSPS) is 25.8. The summed E-state index contributed by atoms with van der Waals surface area (Å²) in [4.78, 5) is 2.27. The molecule has 0 bridgehead atoms. The lowest BCUT2D eigenvalue weighted by Crippen LogP contribution is -2.53. The summed E-state index contributed by atoms with van der Waals surface area (Å²) in [7, 11) is 0. The Morgan fingerprint density at radius 3 is 2.91 bits per heavy atom. The monoisotopic (exact) mass is 302 g/mol. The minimum atomic E-state index is -0.156. The van der Waals surface area contributed by atoms with Gasteiger partial charge in [0.05, 0.1) is 6.10 Å². The van der Waals surface area contributed by atoms with Gasteiger partial charge in [0.2, 0.25) is 0 Å². The number of rotatable bonds is 4. The maximum absolute atomic E-state index is 9.83. The maximum atomic E-state index is 9.83. The summed E-state index contributed by atoms with van der Waals surface area (Å²) >= 11 is 0. The molecule has 2 aromatic heterocycles. The zero-order chi connectivity index (χ0) is 15.1. The first kappa shape index (κ1) is 13.9. The minimum Gasteiger partial charge on any atom is -0.392 e. The lowest BCUT2D eigenvalue weighted by Gasteiger charge is -2.40. The Balaban J connectivity index is 1.33. The van der Waals surface area contributed by atoms with E-state index < -0.39 is 0 Å². The van der Waals surface area contributed by atoms with Crippen LogP contribution in [-0.2, 0) is 0 Å². The molecule has 2 aromatic rings. The molecule has 118 valence electrons. The minimum absolute atomic E-state index is 0.156. The molecule has 0 aromatic carbocycles. The van der Waals surface area contributed by atoms with Crippen LogP contribution in [0.4, 0.5) is 5.82 Å². The molecule has 3 heterocycles. The third kappa shape index (κ3) is 2.44. The van der Waals surface area contributed by atoms with Crippen molar-refractivity contribution in [2.45, 2.75) is 38.3 Å². The summed E-state index contributed by atoms with van der Waals surface area (Å²) in [6, 6.07) is 4.26. The van der Waals surface area contributed by atoms with E-state index >= 15 is 0 Å². The Morgan fingerprint density at radius 2 is 2.14 bits per heavy atom. The second kappa shape index (κ2) is 5.48. The third-order valence-corrected chi connectivity index (χ3v) is 4.83. The standard InChI is InChI=1S/C15H22N6O/c1-10-17-18-14-5-6-15(19-21(10)14)20-8-11(9-20)7-16-12-3-2-4-13(12)22/h5-6,11-13,16,22H,2-4,7-9H2,1H3. The van der Waals surface area contributed by atoms with Crippen LogP contribution in [0.1, 0.15) is 25.1 Å². The van der Waals surface area contributed by atoms with Crippen LogP contribution >= 0.6 is 0 Å². The Bertz CT molecular complexity index is 665. The van der Waals surface area contributed by atoms with Gasteiger partial charge in [0, 0.05) is 31.6 Å². The fraction of sp³-hybridized carbons (Fsp3) is 0.667. The summed E-state index contributed by atoms with van der Waals surface area (Å²) in [5.74, 6) is 2.42. The Labute approximate surface area is 129 Å². The number of fused-ring (bicyclic) bond motifs is 1. The maximum Gasteiger partial charge on any atom is 0.178 e. The van der Waals surface area contributed by atoms with Gasteiger partial charge in [-0.1, -0.05) is 0 Å². The van der Waals surface area contributed by atoms with Crippen molar-refractivity contribution in [3.63, 3.8) is 0 Å². The van der Waals surface area contributed by atoms with Crippen LogP contribution in [0.2, 0.25) is 0 Å². The fourth-order valence-electron chi connectivity index (χ4n) is 3.44. The molecule has 0 spiro atoms. The van der Waals surface area contributed by atoms with Crippen LogP contribution in [-0.4, -0.2) is 56.7 Å². The molecule has 1 saturated heterocycles. The first-order chi connectivity index (χ1) is 10.7. The molecular formula is C15H22N6O. The van der Waals surface area contributed by atoms with E-state index in [9.17, 15) is 5.11 Å². The molecule has 7 heteroatoms. The van der Waals surface area contributed by atoms with E-state index in [0.29, 0.717) is 12.0 Å². The number of nitrogens with one attached hydrogen (secondary N) is 1. The van der Waals surface area contributed by atoms with Crippen LogP contribution in [0.5, 0.6) is 0 Å². The van der Waals surface area contributed by atoms with Crippen LogP contribution < -0.4 is 10.2 Å². The highest BCUT2D eigenvalue weighted by molar-refractivity contribution is 5.47. The van der Waals surface area contributed by atoms with Gasteiger partial charge in [-0.25, -0.2) is 0 Å². The second-order valence-electron chi connectivity index (χ2n) is 6.49. The van der Waals surface area contributed by atoms with Crippen molar-refractivity contribution in [2.24, 2.45) is 5.92 Å². The predicted molar refractivity (Wildman–Crippen MR) is 82.9 cm³/mol. The zero-order valence-electron chi connectivity index (χ0n) is 12.8. The highest BCUT2D eigenvalue weighted by atomic mass is 16.3. The van der Waals surface area contributed by atoms with E-state index in [4.69, 9.17) is 0 Å². The van der Waals surface area contributed by atoms with Crippen LogP contribution in [0, 0.1) is 12.8 Å². The highest BCUT2D eigenvalue weighted by Crippen LogP contribution is 2.24. The molecule has 0 radical (unpaired) electrons. The van der Waals surface area contributed by atoms with E-state index in [1.807, 2.05) is 19.1 Å². The van der Waals surface area contributed by atoms with Gasteiger partial charge in [-0.3, -0.25) is 0 Å². The number of hydrogen-bond donors (Lipinski definition) is 2. The van der Waals surface area contributed by atoms with E-state index in [-0.39, 0.29) is 6.10 Å². The van der Waals surface area contributed by atoms with Crippen LogP contribution in [0.3, 0.4) is 0 Å². The van der Waals surface area contributed by atoms with Gasteiger partial charge in [0.15, 0.2) is 11.5 Å². The van der Waals surface area contributed by atoms with Crippen molar-refractivity contribution in [3.8, 4) is 0 Å². The number of anilines is 1. The molecule has 1 saturated carbocycles. The summed E-state index contributed by atoms with van der Waals surface area (Å²) in [6.45, 7) is 4.91. The molecule has 1 aliphatic heterocycles. The Hall–Kier alpha value is -1.73. The number of aliphatic hydroxyl groups excluding tert-OH is 1. The molecule has 2 unspecified atom stereocenters. The quantitative estimate of drug-likeness (QED) is 0.850. The van der Waals surface area contributed by atoms with Crippen molar-refractivity contribution in [2.75, 3.05) is 24.5 Å². The number of nitrogens with zero attached hydrogens (tertiary/aromatic N) is 5. The predicted octanol–water partition coefficient (Wildman–Crippen LogP) is 0.372. The van der Waals surface area contributed by atoms with Gasteiger partial charge in [-0.05, 0) is 38.3 Å². The topological polar surface area (TPSA) is 78.6 Å². The van der Waals surface area contributed by atoms with Crippen molar-refractivity contribution in [1.29, 1.82) is 0 Å². The first-order valence-corrected chi connectivity index (χ1v) is 8.06. The largest absolute Gasteiger partial charge is 0.392 e. The second-order valence-corrected chi connectivity index (χ2v) is 6.49. The van der Waals surface area contributed by atoms with Crippen molar-refractivity contribution in [3.05, 3.63) is 18.0 Å². The summed E-state index contributed by atoms with van der Waals surface area (Å²) in [5, 5.41) is 26.0. The van der Waals surface area contributed by atoms with E-state index in [0.717, 1.165) is 56.2 Å². The number of hydrogen-bond acceptors (Lipinski definition) is 6. The molecule has 0 amide bonds. The van der Waals surface area contributed by atoms with Crippen LogP contribution in [0.15, 0.2) is 12.1 Å². The highest BCUT2D eigenvalue weighted by Gasteiger charge is 2.30. The molecule has 2 atom stereocenters. The molecule has 7 nitrogen and oxygen atoms in total. The van der Waals surface area contributed by atoms with E-state index in [1.54, 1.807) is 4.52 Å². The SMILES string of the molecule is Cc1nnc2ccc(N3CC(CNC4CCCC4O)C3)nn12. The number of aromatic nitrogens is 4.